The van der Waals surface area contributed by atoms with Gasteiger partial charge < -0.3 is 5.32 Å². The molecule has 0 bridgehead atoms. The molecule has 1 unspecified atom stereocenters. The summed E-state index contributed by atoms with van der Waals surface area (Å²) in [5.41, 5.74) is 0.432. The van der Waals surface area contributed by atoms with E-state index in [2.05, 4.69) is 26.2 Å². The Morgan fingerprint density at radius 1 is 1.52 bits per heavy atom. The van der Waals surface area contributed by atoms with Crippen LogP contribution in [0.2, 0.25) is 0 Å². The quantitative estimate of drug-likeness (QED) is 0.918. The molecule has 3 rings (SSSR count). The van der Waals surface area contributed by atoms with Crippen LogP contribution in [0.1, 0.15) is 19.8 Å². The molecule has 1 fully saturated rings. The number of benzene rings is 1. The average Bonchev–Trinajstić information content (AvgIpc) is 3.27. The number of hydrogen-bond donors (Lipinski definition) is 1. The smallest absolute Gasteiger partial charge is 0.261 e. The lowest BCUT2D eigenvalue weighted by molar-refractivity contribution is -0.122. The van der Waals surface area contributed by atoms with Gasteiger partial charge >= 0.3 is 0 Å². The van der Waals surface area contributed by atoms with Crippen LogP contribution in [-0.4, -0.2) is 21.5 Å². The Hall–Kier alpha value is -1.69. The van der Waals surface area contributed by atoms with E-state index < -0.39 is 0 Å². The molecule has 0 saturated heterocycles. The minimum absolute atomic E-state index is 0.00530. The molecule has 0 spiro atoms. The van der Waals surface area contributed by atoms with Gasteiger partial charge in [0.1, 0.15) is 6.54 Å². The van der Waals surface area contributed by atoms with Gasteiger partial charge in [0.2, 0.25) is 5.91 Å². The topological polar surface area (TPSA) is 64.0 Å². The average molecular weight is 350 g/mol. The molecule has 1 atom stereocenters. The molecule has 1 saturated carbocycles. The third-order valence-electron chi connectivity index (χ3n) is 3.82. The summed E-state index contributed by atoms with van der Waals surface area (Å²) in [5.74, 6) is 0.448. The zero-order valence-electron chi connectivity index (χ0n) is 11.7. The molecule has 1 heterocycles. The van der Waals surface area contributed by atoms with Crippen molar-refractivity contribution in [1.82, 2.24) is 14.9 Å². The first-order valence-corrected chi connectivity index (χ1v) is 7.78. The molecule has 1 amide bonds. The van der Waals surface area contributed by atoms with Crippen LogP contribution in [0.5, 0.6) is 0 Å². The van der Waals surface area contributed by atoms with Crippen LogP contribution < -0.4 is 10.9 Å². The summed E-state index contributed by atoms with van der Waals surface area (Å²) in [5, 5.41) is 3.45. The molecule has 6 heteroatoms. The number of nitrogens with one attached hydrogen (secondary N) is 1. The largest absolute Gasteiger partial charge is 0.352 e. The monoisotopic (exact) mass is 349 g/mol. The molecule has 2 aromatic rings. The second-order valence-corrected chi connectivity index (χ2v) is 6.45. The van der Waals surface area contributed by atoms with Crippen LogP contribution in [0.3, 0.4) is 0 Å². The van der Waals surface area contributed by atoms with Crippen molar-refractivity contribution in [1.29, 1.82) is 0 Å². The molecular formula is C15H16BrN3O2. The Morgan fingerprint density at radius 2 is 2.29 bits per heavy atom. The molecule has 110 valence electrons. The fourth-order valence-electron chi connectivity index (χ4n) is 2.41. The Bertz CT molecular complexity index is 752. The minimum Gasteiger partial charge on any atom is -0.352 e. The van der Waals surface area contributed by atoms with Gasteiger partial charge in [-0.25, -0.2) is 4.98 Å². The first kappa shape index (κ1) is 14.3. The number of aromatic nitrogens is 2. The molecule has 1 N–H and O–H groups in total. The van der Waals surface area contributed by atoms with E-state index in [-0.39, 0.29) is 24.1 Å². The maximum absolute atomic E-state index is 12.4. The molecule has 0 aliphatic heterocycles. The summed E-state index contributed by atoms with van der Waals surface area (Å²) >= 11 is 3.34. The van der Waals surface area contributed by atoms with Crippen molar-refractivity contribution in [2.24, 2.45) is 5.92 Å². The van der Waals surface area contributed by atoms with E-state index in [0.717, 1.165) is 4.47 Å². The van der Waals surface area contributed by atoms with Crippen molar-refractivity contribution in [3.05, 3.63) is 39.4 Å². The van der Waals surface area contributed by atoms with Crippen LogP contribution in [0.25, 0.3) is 10.9 Å². The van der Waals surface area contributed by atoms with Crippen LogP contribution in [0.4, 0.5) is 0 Å². The van der Waals surface area contributed by atoms with E-state index in [4.69, 9.17) is 0 Å². The molecule has 1 aliphatic rings. The standard InChI is InChI=1S/C15H16BrN3O2/c1-9(10-2-3-10)18-14(20)7-19-8-17-13-5-4-11(16)6-12(13)15(19)21/h4-6,8-10H,2-3,7H2,1H3,(H,18,20). The van der Waals surface area contributed by atoms with Crippen molar-refractivity contribution in [2.75, 3.05) is 0 Å². The van der Waals surface area contributed by atoms with Crippen molar-refractivity contribution >= 4 is 32.7 Å². The maximum atomic E-state index is 12.4. The Labute approximate surface area is 130 Å². The van der Waals surface area contributed by atoms with E-state index in [1.165, 1.54) is 23.7 Å². The van der Waals surface area contributed by atoms with Gasteiger partial charge in [0.25, 0.3) is 5.56 Å². The van der Waals surface area contributed by atoms with Crippen LogP contribution in [0, 0.1) is 5.92 Å². The van der Waals surface area contributed by atoms with Gasteiger partial charge in [-0.3, -0.25) is 14.2 Å². The van der Waals surface area contributed by atoms with Crippen molar-refractivity contribution in [3.63, 3.8) is 0 Å². The van der Waals surface area contributed by atoms with Crippen LogP contribution >= 0.6 is 15.9 Å². The summed E-state index contributed by atoms with van der Waals surface area (Å²) in [7, 11) is 0. The summed E-state index contributed by atoms with van der Waals surface area (Å²) in [6.07, 6.45) is 3.78. The van der Waals surface area contributed by atoms with E-state index in [9.17, 15) is 9.59 Å². The first-order chi connectivity index (χ1) is 10.0. The van der Waals surface area contributed by atoms with Crippen molar-refractivity contribution < 1.29 is 4.79 Å². The number of amides is 1. The molecule has 0 radical (unpaired) electrons. The Balaban J connectivity index is 1.81. The Kier molecular flexibility index (Phi) is 3.80. The van der Waals surface area contributed by atoms with Crippen LogP contribution in [-0.2, 0) is 11.3 Å². The zero-order chi connectivity index (χ0) is 15.0. The Morgan fingerprint density at radius 3 is 3.00 bits per heavy atom. The van der Waals surface area contributed by atoms with Crippen LogP contribution in [0.15, 0.2) is 33.8 Å². The summed E-state index contributed by atoms with van der Waals surface area (Å²) in [4.78, 5) is 28.6. The minimum atomic E-state index is -0.199. The SMILES string of the molecule is CC(NC(=O)Cn1cnc2ccc(Br)cc2c1=O)C1CC1. The normalized spacial score (nSPS) is 15.9. The maximum Gasteiger partial charge on any atom is 0.261 e. The second kappa shape index (κ2) is 5.60. The second-order valence-electron chi connectivity index (χ2n) is 5.53. The van der Waals surface area contributed by atoms with Gasteiger partial charge in [-0.1, -0.05) is 15.9 Å². The summed E-state index contributed by atoms with van der Waals surface area (Å²) in [6.45, 7) is 2.01. The molecular weight excluding hydrogens is 334 g/mol. The highest BCUT2D eigenvalue weighted by Gasteiger charge is 2.28. The number of nitrogens with zero attached hydrogens (tertiary/aromatic N) is 2. The fourth-order valence-corrected chi connectivity index (χ4v) is 2.77. The van der Waals surface area contributed by atoms with Gasteiger partial charge in [-0.15, -0.1) is 0 Å². The van der Waals surface area contributed by atoms with E-state index in [0.29, 0.717) is 16.8 Å². The van der Waals surface area contributed by atoms with Crippen molar-refractivity contribution in [3.8, 4) is 0 Å². The third-order valence-corrected chi connectivity index (χ3v) is 4.31. The molecule has 1 aromatic heterocycles. The number of carbonyl (C=O) groups is 1. The lowest BCUT2D eigenvalue weighted by atomic mass is 10.2. The zero-order valence-corrected chi connectivity index (χ0v) is 13.3. The van der Waals surface area contributed by atoms with Gasteiger partial charge in [0.15, 0.2) is 0 Å². The van der Waals surface area contributed by atoms with Gasteiger partial charge in [-0.2, -0.15) is 0 Å². The van der Waals surface area contributed by atoms with E-state index in [1.54, 1.807) is 12.1 Å². The number of fused-ring (bicyclic) bond motifs is 1. The molecule has 5 nitrogen and oxygen atoms in total. The molecule has 21 heavy (non-hydrogen) atoms. The molecule has 1 aromatic carbocycles. The highest BCUT2D eigenvalue weighted by molar-refractivity contribution is 9.10. The van der Waals surface area contributed by atoms with Gasteiger partial charge in [0, 0.05) is 10.5 Å². The number of hydrogen-bond acceptors (Lipinski definition) is 3. The molecule has 1 aliphatic carbocycles. The number of rotatable bonds is 4. The summed E-state index contributed by atoms with van der Waals surface area (Å²) < 4.78 is 2.17. The highest BCUT2D eigenvalue weighted by atomic mass is 79.9. The predicted octanol–water partition coefficient (Wildman–Crippen LogP) is 2.07. The third kappa shape index (κ3) is 3.15. The fraction of sp³-hybridized carbons (Fsp3) is 0.400. The van der Waals surface area contributed by atoms with E-state index >= 15 is 0 Å². The van der Waals surface area contributed by atoms with Gasteiger partial charge in [-0.05, 0) is 43.9 Å². The summed E-state index contributed by atoms with van der Waals surface area (Å²) in [6, 6.07) is 5.52. The van der Waals surface area contributed by atoms with E-state index in [1.807, 2.05) is 13.0 Å². The van der Waals surface area contributed by atoms with Crippen molar-refractivity contribution in [2.45, 2.75) is 32.4 Å². The lowest BCUT2D eigenvalue weighted by Crippen LogP contribution is -2.38. The predicted molar refractivity (Wildman–Crippen MR) is 84.0 cm³/mol. The highest BCUT2D eigenvalue weighted by Crippen LogP contribution is 2.32. The number of halogens is 1. The van der Waals surface area contributed by atoms with Gasteiger partial charge in [0.05, 0.1) is 17.2 Å². The lowest BCUT2D eigenvalue weighted by Gasteiger charge is -2.13. The number of carbonyl (C=O) groups excluding carboxylic acids is 1. The first-order valence-electron chi connectivity index (χ1n) is 6.98.